The van der Waals surface area contributed by atoms with E-state index in [4.69, 9.17) is 0 Å². The van der Waals surface area contributed by atoms with Crippen molar-refractivity contribution < 1.29 is 4.79 Å². The average molecular weight is 211 g/mol. The van der Waals surface area contributed by atoms with Crippen LogP contribution < -0.4 is 5.32 Å². The molecule has 88 valence electrons. The third-order valence-corrected chi connectivity index (χ3v) is 2.92. The first-order chi connectivity index (χ1) is 7.11. The number of rotatable bonds is 8. The number of unbranched alkanes of at least 4 members (excludes halogenated alkanes) is 3. The molecule has 1 amide bonds. The van der Waals surface area contributed by atoms with E-state index < -0.39 is 0 Å². The summed E-state index contributed by atoms with van der Waals surface area (Å²) in [5, 5.41) is 2.91. The molecule has 0 aromatic carbocycles. The molecule has 2 nitrogen and oxygen atoms in total. The van der Waals surface area contributed by atoms with Gasteiger partial charge in [-0.3, -0.25) is 4.79 Å². The lowest BCUT2D eigenvalue weighted by atomic mass is 9.96. The minimum atomic E-state index is -0.0668. The minimum Gasteiger partial charge on any atom is -0.350 e. The third-order valence-electron chi connectivity index (χ3n) is 2.92. The number of carbonyl (C=O) groups is 1. The Bertz CT molecular complexity index is 189. The molecule has 0 aromatic heterocycles. The Hall–Kier alpha value is -0.790. The number of carbonyl (C=O) groups excluding carboxylic acids is 1. The summed E-state index contributed by atoms with van der Waals surface area (Å²) in [5.41, 5.74) is 0. The number of nitrogens with one attached hydrogen (secondary N) is 1. The van der Waals surface area contributed by atoms with E-state index >= 15 is 0 Å². The fourth-order valence-electron chi connectivity index (χ4n) is 1.57. The van der Waals surface area contributed by atoms with Crippen molar-refractivity contribution in [3.8, 4) is 0 Å². The summed E-state index contributed by atoms with van der Waals surface area (Å²) >= 11 is 0. The molecular formula is C13H25NO. The molecule has 0 fully saturated rings. The Balaban J connectivity index is 3.63. The molecule has 2 heteroatoms. The van der Waals surface area contributed by atoms with Crippen molar-refractivity contribution in [2.75, 3.05) is 0 Å². The van der Waals surface area contributed by atoms with Crippen LogP contribution in [0.25, 0.3) is 0 Å². The fraction of sp³-hybridized carbons (Fsp3) is 0.769. The Morgan fingerprint density at radius 1 is 1.33 bits per heavy atom. The monoisotopic (exact) mass is 211 g/mol. The van der Waals surface area contributed by atoms with Crippen molar-refractivity contribution in [1.29, 1.82) is 0 Å². The van der Waals surface area contributed by atoms with Gasteiger partial charge in [0.1, 0.15) is 0 Å². The van der Waals surface area contributed by atoms with Crippen molar-refractivity contribution in [3.63, 3.8) is 0 Å². The van der Waals surface area contributed by atoms with Crippen molar-refractivity contribution in [2.24, 2.45) is 5.92 Å². The zero-order chi connectivity index (χ0) is 11.7. The highest BCUT2D eigenvalue weighted by Gasteiger charge is 2.12. The fourth-order valence-corrected chi connectivity index (χ4v) is 1.57. The zero-order valence-electron chi connectivity index (χ0n) is 10.4. The molecule has 0 aliphatic heterocycles. The van der Waals surface area contributed by atoms with E-state index in [0.29, 0.717) is 5.92 Å². The topological polar surface area (TPSA) is 29.1 Å². The zero-order valence-corrected chi connectivity index (χ0v) is 10.4. The molecule has 0 aliphatic rings. The van der Waals surface area contributed by atoms with Gasteiger partial charge in [0.15, 0.2) is 0 Å². The van der Waals surface area contributed by atoms with Crippen LogP contribution in [0.3, 0.4) is 0 Å². The summed E-state index contributed by atoms with van der Waals surface area (Å²) in [7, 11) is 0. The minimum absolute atomic E-state index is 0.0668. The van der Waals surface area contributed by atoms with Crippen LogP contribution in [0.15, 0.2) is 12.7 Å². The second-order valence-electron chi connectivity index (χ2n) is 4.33. The van der Waals surface area contributed by atoms with Crippen LogP contribution in [0.1, 0.15) is 52.9 Å². The molecule has 0 spiro atoms. The quantitative estimate of drug-likeness (QED) is 0.484. The Labute approximate surface area is 94.1 Å². The first-order valence-corrected chi connectivity index (χ1v) is 6.04. The molecule has 0 aliphatic carbocycles. The maximum absolute atomic E-state index is 11.1. The molecule has 1 unspecified atom stereocenters. The van der Waals surface area contributed by atoms with E-state index in [1.54, 1.807) is 0 Å². The lowest BCUT2D eigenvalue weighted by Gasteiger charge is -2.20. The molecular weight excluding hydrogens is 186 g/mol. The van der Waals surface area contributed by atoms with Crippen LogP contribution in [0.2, 0.25) is 0 Å². The van der Waals surface area contributed by atoms with Gasteiger partial charge < -0.3 is 5.32 Å². The molecule has 0 saturated carbocycles. The smallest absolute Gasteiger partial charge is 0.243 e. The lowest BCUT2D eigenvalue weighted by molar-refractivity contribution is -0.117. The predicted molar refractivity (Wildman–Crippen MR) is 65.7 cm³/mol. The van der Waals surface area contributed by atoms with E-state index in [9.17, 15) is 4.79 Å². The average Bonchev–Trinajstić information content (AvgIpc) is 2.23. The van der Waals surface area contributed by atoms with E-state index in [1.807, 2.05) is 0 Å². The second-order valence-corrected chi connectivity index (χ2v) is 4.33. The summed E-state index contributed by atoms with van der Waals surface area (Å²) in [6.07, 6.45) is 7.70. The number of hydrogen-bond acceptors (Lipinski definition) is 1. The van der Waals surface area contributed by atoms with Crippen molar-refractivity contribution in [2.45, 2.75) is 58.9 Å². The standard InChI is InChI=1S/C13H25NO/c1-5-7-8-9-10-11(3)12(4)14-13(15)6-2/h6,11-12H,2,5,7-10H2,1,3-4H3,(H,14,15)/t11?,12-/m0/s1. The second kappa shape index (κ2) is 8.51. The van der Waals surface area contributed by atoms with Gasteiger partial charge in [-0.1, -0.05) is 46.1 Å². The lowest BCUT2D eigenvalue weighted by Crippen LogP contribution is -2.35. The van der Waals surface area contributed by atoms with Crippen LogP contribution >= 0.6 is 0 Å². The molecule has 0 rings (SSSR count). The van der Waals surface area contributed by atoms with Gasteiger partial charge in [-0.2, -0.15) is 0 Å². The summed E-state index contributed by atoms with van der Waals surface area (Å²) < 4.78 is 0. The first kappa shape index (κ1) is 14.2. The summed E-state index contributed by atoms with van der Waals surface area (Å²) in [4.78, 5) is 11.1. The molecule has 0 heterocycles. The normalized spacial score (nSPS) is 14.3. The maximum Gasteiger partial charge on any atom is 0.243 e. The van der Waals surface area contributed by atoms with E-state index in [1.165, 1.54) is 38.2 Å². The highest BCUT2D eigenvalue weighted by Crippen LogP contribution is 2.13. The first-order valence-electron chi connectivity index (χ1n) is 6.04. The Morgan fingerprint density at radius 3 is 2.53 bits per heavy atom. The van der Waals surface area contributed by atoms with E-state index in [0.717, 1.165) is 0 Å². The summed E-state index contributed by atoms with van der Waals surface area (Å²) in [5.74, 6) is 0.480. The van der Waals surface area contributed by atoms with Gasteiger partial charge >= 0.3 is 0 Å². The van der Waals surface area contributed by atoms with Crippen molar-refractivity contribution in [1.82, 2.24) is 5.32 Å². The van der Waals surface area contributed by atoms with Gasteiger partial charge in [0.2, 0.25) is 5.91 Å². The molecule has 0 aromatic rings. The van der Waals surface area contributed by atoms with Crippen LogP contribution in [0, 0.1) is 5.92 Å². The molecule has 0 saturated heterocycles. The van der Waals surface area contributed by atoms with Gasteiger partial charge in [-0.15, -0.1) is 0 Å². The van der Waals surface area contributed by atoms with Crippen LogP contribution in [0.4, 0.5) is 0 Å². The molecule has 0 radical (unpaired) electrons. The van der Waals surface area contributed by atoms with Crippen molar-refractivity contribution in [3.05, 3.63) is 12.7 Å². The number of hydrogen-bond donors (Lipinski definition) is 1. The van der Waals surface area contributed by atoms with Gasteiger partial charge in [0.05, 0.1) is 0 Å². The molecule has 2 atom stereocenters. The van der Waals surface area contributed by atoms with Gasteiger partial charge in [0, 0.05) is 6.04 Å². The van der Waals surface area contributed by atoms with Crippen LogP contribution in [0.5, 0.6) is 0 Å². The Morgan fingerprint density at radius 2 is 2.00 bits per heavy atom. The highest BCUT2D eigenvalue weighted by molar-refractivity contribution is 5.87. The van der Waals surface area contributed by atoms with Crippen LogP contribution in [-0.2, 0) is 4.79 Å². The van der Waals surface area contributed by atoms with Crippen LogP contribution in [-0.4, -0.2) is 11.9 Å². The largest absolute Gasteiger partial charge is 0.350 e. The van der Waals surface area contributed by atoms with Crippen molar-refractivity contribution >= 4 is 5.91 Å². The maximum atomic E-state index is 11.1. The molecule has 15 heavy (non-hydrogen) atoms. The molecule has 0 bridgehead atoms. The van der Waals surface area contributed by atoms with E-state index in [2.05, 4.69) is 32.7 Å². The van der Waals surface area contributed by atoms with Gasteiger partial charge in [-0.05, 0) is 25.3 Å². The van der Waals surface area contributed by atoms with Gasteiger partial charge in [-0.25, -0.2) is 0 Å². The summed E-state index contributed by atoms with van der Waals surface area (Å²) in [6.45, 7) is 9.92. The predicted octanol–water partition coefficient (Wildman–Crippen LogP) is 3.28. The number of amides is 1. The van der Waals surface area contributed by atoms with E-state index in [-0.39, 0.29) is 11.9 Å². The third kappa shape index (κ3) is 7.18. The Kier molecular flexibility index (Phi) is 8.06. The highest BCUT2D eigenvalue weighted by atomic mass is 16.1. The van der Waals surface area contributed by atoms with Gasteiger partial charge in [0.25, 0.3) is 0 Å². The summed E-state index contributed by atoms with van der Waals surface area (Å²) in [6, 6.07) is 0.247. The SMILES string of the molecule is C=CC(=O)N[C@@H](C)C(C)CCCCCC. The molecule has 1 N–H and O–H groups in total.